The molecule has 64 valence electrons. The lowest BCUT2D eigenvalue weighted by Crippen LogP contribution is -2.68. The van der Waals surface area contributed by atoms with Gasteiger partial charge >= 0.3 is 0 Å². The third-order valence-corrected chi connectivity index (χ3v) is 2.74. The number of alkyl halides is 1. The predicted molar refractivity (Wildman–Crippen MR) is 41.4 cm³/mol. The van der Waals surface area contributed by atoms with Crippen LogP contribution in [0.4, 0.5) is 4.39 Å². The van der Waals surface area contributed by atoms with Gasteiger partial charge in [0.1, 0.15) is 5.67 Å². The minimum atomic E-state index is -0.967. The van der Waals surface area contributed by atoms with Crippen molar-refractivity contribution in [3.8, 4) is 0 Å². The van der Waals surface area contributed by atoms with Crippen LogP contribution in [0.3, 0.4) is 0 Å². The maximum Gasteiger partial charge on any atom is 0.152 e. The molecule has 11 heavy (non-hydrogen) atoms. The fourth-order valence-electron chi connectivity index (χ4n) is 2.18. The molecule has 2 N–H and O–H groups in total. The first-order valence-electron chi connectivity index (χ1n) is 3.53. The first-order valence-corrected chi connectivity index (χ1v) is 3.53. The molecule has 4 heteroatoms. The minimum absolute atomic E-state index is 0. The van der Waals surface area contributed by atoms with E-state index in [-0.39, 0.29) is 30.2 Å². The van der Waals surface area contributed by atoms with Gasteiger partial charge in [-0.1, -0.05) is 0 Å². The number of halogens is 2. The lowest BCUT2D eigenvalue weighted by Gasteiger charge is -2.64. The maximum absolute atomic E-state index is 12.8. The molecule has 0 aromatic heterocycles. The molecule has 0 saturated heterocycles. The molecule has 0 heterocycles. The highest BCUT2D eigenvalue weighted by molar-refractivity contribution is 5.90. The quantitative estimate of drug-likeness (QED) is 0.683. The van der Waals surface area contributed by atoms with Crippen molar-refractivity contribution < 1.29 is 9.18 Å². The predicted octanol–water partition coefficient (Wildman–Crippen LogP) is 0.828. The standard InChI is InChI=1S/C7H10FNO.ClH/c8-7-2-6(3-7,4-7)5(10)1-9;/h1-4,9H2;1H. The van der Waals surface area contributed by atoms with Gasteiger partial charge in [0.15, 0.2) is 5.78 Å². The molecule has 3 saturated carbocycles. The second-order valence-corrected chi connectivity index (χ2v) is 3.59. The number of carbonyl (C=O) groups excluding carboxylic acids is 1. The van der Waals surface area contributed by atoms with Crippen LogP contribution in [0.5, 0.6) is 0 Å². The lowest BCUT2D eigenvalue weighted by atomic mass is 9.41. The molecule has 0 radical (unpaired) electrons. The Hall–Kier alpha value is -0.150. The van der Waals surface area contributed by atoms with E-state index in [1.807, 2.05) is 0 Å². The van der Waals surface area contributed by atoms with Crippen LogP contribution in [0.15, 0.2) is 0 Å². The second-order valence-electron chi connectivity index (χ2n) is 3.59. The van der Waals surface area contributed by atoms with E-state index >= 15 is 0 Å². The van der Waals surface area contributed by atoms with Crippen LogP contribution in [0.2, 0.25) is 0 Å². The Kier molecular flexibility index (Phi) is 1.77. The zero-order chi connectivity index (χ0) is 7.41. The second kappa shape index (κ2) is 2.17. The van der Waals surface area contributed by atoms with Crippen molar-refractivity contribution in [2.75, 3.05) is 6.54 Å². The van der Waals surface area contributed by atoms with Crippen LogP contribution >= 0.6 is 12.4 Å². The van der Waals surface area contributed by atoms with Gasteiger partial charge in [-0.3, -0.25) is 4.79 Å². The zero-order valence-corrected chi connectivity index (χ0v) is 6.92. The highest BCUT2D eigenvalue weighted by Crippen LogP contribution is 2.69. The van der Waals surface area contributed by atoms with Gasteiger partial charge in [-0.2, -0.15) is 0 Å². The van der Waals surface area contributed by atoms with E-state index in [4.69, 9.17) is 5.73 Å². The molecule has 0 unspecified atom stereocenters. The number of hydrogen-bond acceptors (Lipinski definition) is 2. The first-order chi connectivity index (χ1) is 4.60. The van der Waals surface area contributed by atoms with Crippen molar-refractivity contribution in [1.29, 1.82) is 0 Å². The Morgan fingerprint density at radius 1 is 1.45 bits per heavy atom. The molecule has 0 atom stereocenters. The summed E-state index contributed by atoms with van der Waals surface area (Å²) in [6.07, 6.45) is 1.32. The summed E-state index contributed by atoms with van der Waals surface area (Å²) in [7, 11) is 0. The molecular weight excluding hydrogens is 169 g/mol. The Labute approximate surface area is 70.7 Å². The van der Waals surface area contributed by atoms with Gasteiger partial charge in [0.05, 0.1) is 6.54 Å². The highest BCUT2D eigenvalue weighted by Gasteiger charge is 2.71. The maximum atomic E-state index is 12.8. The molecule has 0 spiro atoms. The van der Waals surface area contributed by atoms with Gasteiger partial charge in [-0.15, -0.1) is 12.4 Å². The smallest absolute Gasteiger partial charge is 0.152 e. The number of ketones is 1. The van der Waals surface area contributed by atoms with Gasteiger partial charge in [0.2, 0.25) is 0 Å². The monoisotopic (exact) mass is 179 g/mol. The van der Waals surface area contributed by atoms with Gasteiger partial charge in [0.25, 0.3) is 0 Å². The third-order valence-electron chi connectivity index (χ3n) is 2.74. The number of nitrogens with two attached hydrogens (primary N) is 1. The van der Waals surface area contributed by atoms with E-state index in [9.17, 15) is 9.18 Å². The van der Waals surface area contributed by atoms with Crippen molar-refractivity contribution in [3.63, 3.8) is 0 Å². The summed E-state index contributed by atoms with van der Waals surface area (Å²) in [5.41, 5.74) is 3.89. The molecule has 3 aliphatic rings. The summed E-state index contributed by atoms with van der Waals surface area (Å²) in [5, 5.41) is 0. The van der Waals surface area contributed by atoms with Crippen molar-refractivity contribution in [1.82, 2.24) is 0 Å². The lowest BCUT2D eigenvalue weighted by molar-refractivity contribution is -0.210. The Morgan fingerprint density at radius 3 is 2.18 bits per heavy atom. The third kappa shape index (κ3) is 0.908. The van der Waals surface area contributed by atoms with E-state index in [0.29, 0.717) is 19.3 Å². The fraction of sp³-hybridized carbons (Fsp3) is 0.857. The fourth-order valence-corrected chi connectivity index (χ4v) is 2.18. The Bertz CT molecular complexity index is 187. The molecule has 3 aliphatic carbocycles. The normalized spacial score (nSPS) is 44.9. The Balaban J connectivity index is 0.000000605. The van der Waals surface area contributed by atoms with Gasteiger partial charge in [0, 0.05) is 5.41 Å². The van der Waals surface area contributed by atoms with Crippen LogP contribution in [-0.4, -0.2) is 18.0 Å². The van der Waals surface area contributed by atoms with Crippen molar-refractivity contribution in [3.05, 3.63) is 0 Å². The SMILES string of the molecule is Cl.NCC(=O)C12CC(F)(C1)C2. The average molecular weight is 180 g/mol. The molecule has 0 aromatic carbocycles. The van der Waals surface area contributed by atoms with E-state index in [0.717, 1.165) is 0 Å². The molecule has 0 aromatic rings. The van der Waals surface area contributed by atoms with Gasteiger partial charge in [-0.25, -0.2) is 4.39 Å². The van der Waals surface area contributed by atoms with Crippen molar-refractivity contribution in [2.45, 2.75) is 24.9 Å². The number of hydrogen-bond donors (Lipinski definition) is 1. The van der Waals surface area contributed by atoms with E-state index in [2.05, 4.69) is 0 Å². The largest absolute Gasteiger partial charge is 0.324 e. The van der Waals surface area contributed by atoms with Crippen LogP contribution in [0, 0.1) is 5.41 Å². The van der Waals surface area contributed by atoms with E-state index in [1.165, 1.54) is 0 Å². The highest BCUT2D eigenvalue weighted by atomic mass is 35.5. The van der Waals surface area contributed by atoms with Crippen molar-refractivity contribution in [2.24, 2.45) is 11.1 Å². The number of rotatable bonds is 2. The summed E-state index contributed by atoms with van der Waals surface area (Å²) in [6, 6.07) is 0. The van der Waals surface area contributed by atoms with Crippen LogP contribution in [-0.2, 0) is 4.79 Å². The summed E-state index contributed by atoms with van der Waals surface area (Å²) in [5.74, 6) is 0.0482. The summed E-state index contributed by atoms with van der Waals surface area (Å²) in [4.78, 5) is 11.0. The topological polar surface area (TPSA) is 43.1 Å². The molecule has 0 aliphatic heterocycles. The summed E-state index contributed by atoms with van der Waals surface area (Å²) in [6.45, 7) is 0.0794. The first kappa shape index (κ1) is 8.94. The molecular formula is C7H11ClFNO. The van der Waals surface area contributed by atoms with E-state index < -0.39 is 5.67 Å². The van der Waals surface area contributed by atoms with Crippen LogP contribution < -0.4 is 5.73 Å². The molecule has 3 fully saturated rings. The van der Waals surface area contributed by atoms with E-state index in [1.54, 1.807) is 0 Å². The molecule has 2 bridgehead atoms. The molecule has 3 rings (SSSR count). The van der Waals surface area contributed by atoms with Gasteiger partial charge < -0.3 is 5.73 Å². The Morgan fingerprint density at radius 2 is 1.91 bits per heavy atom. The van der Waals surface area contributed by atoms with Gasteiger partial charge in [-0.05, 0) is 19.3 Å². The van der Waals surface area contributed by atoms with Crippen molar-refractivity contribution >= 4 is 18.2 Å². The minimum Gasteiger partial charge on any atom is -0.324 e. The molecule has 0 amide bonds. The zero-order valence-electron chi connectivity index (χ0n) is 6.10. The van der Waals surface area contributed by atoms with Crippen LogP contribution in [0.1, 0.15) is 19.3 Å². The number of Topliss-reactive ketones (excluding diaryl/α,β-unsaturated/α-hetero) is 1. The summed E-state index contributed by atoms with van der Waals surface area (Å²) >= 11 is 0. The van der Waals surface area contributed by atoms with Crippen LogP contribution in [0.25, 0.3) is 0 Å². The average Bonchev–Trinajstić information content (AvgIpc) is 1.77. The summed E-state index contributed by atoms with van der Waals surface area (Å²) < 4.78 is 12.8. The molecule has 2 nitrogen and oxygen atoms in total. The number of carbonyl (C=O) groups is 1.